The molecule has 2 amide bonds. The van der Waals surface area contributed by atoms with Gasteiger partial charge in [0.15, 0.2) is 0 Å². The minimum Gasteiger partial charge on any atom is -0.369 e. The van der Waals surface area contributed by atoms with Crippen molar-refractivity contribution >= 4 is 17.6 Å². The first-order valence-electron chi connectivity index (χ1n) is 7.32. The lowest BCUT2D eigenvalue weighted by Crippen LogP contribution is -2.56. The molecule has 3 rings (SSSR count). The largest absolute Gasteiger partial charge is 0.369 e. The van der Waals surface area contributed by atoms with Gasteiger partial charge in [-0.15, -0.1) is 0 Å². The summed E-state index contributed by atoms with van der Waals surface area (Å²) in [5, 5.41) is 3.07. The van der Waals surface area contributed by atoms with Crippen molar-refractivity contribution in [3.05, 3.63) is 18.1 Å². The fourth-order valence-electron chi connectivity index (χ4n) is 2.90. The van der Waals surface area contributed by atoms with Crippen molar-refractivity contribution in [1.82, 2.24) is 19.8 Å². The maximum Gasteiger partial charge on any atom is 0.246 e. The van der Waals surface area contributed by atoms with Gasteiger partial charge in [0, 0.05) is 13.1 Å². The zero-order chi connectivity index (χ0) is 14.8. The van der Waals surface area contributed by atoms with Crippen LogP contribution in [-0.2, 0) is 16.1 Å². The van der Waals surface area contributed by atoms with Crippen molar-refractivity contribution in [1.29, 1.82) is 0 Å². The molecule has 1 unspecified atom stereocenters. The maximum atomic E-state index is 12.4. The number of hydrogen-bond donors (Lipinski definition) is 1. The van der Waals surface area contributed by atoms with E-state index in [2.05, 4.69) is 15.3 Å². The quantitative estimate of drug-likeness (QED) is 0.859. The second kappa shape index (κ2) is 5.67. The van der Waals surface area contributed by atoms with Crippen LogP contribution in [0, 0.1) is 0 Å². The summed E-state index contributed by atoms with van der Waals surface area (Å²) in [6, 6.07) is -0.264. The van der Waals surface area contributed by atoms with Gasteiger partial charge < -0.3 is 15.1 Å². The first kappa shape index (κ1) is 13.8. The number of fused-ring (bicyclic) bond motifs is 1. The Labute approximate surface area is 123 Å². The van der Waals surface area contributed by atoms with Gasteiger partial charge in [-0.3, -0.25) is 14.6 Å². The molecule has 0 radical (unpaired) electrons. The molecule has 2 aliphatic rings. The standard InChI is InChI=1S/C14H19N5O2/c1-2-15-12-7-16-10(6-17-12)8-18-9-13(20)19-5-3-4-11(19)14(18)21/h6-7,11H,2-5,8-9H2,1H3,(H,15,17). The minimum absolute atomic E-state index is 0.0321. The lowest BCUT2D eigenvalue weighted by Gasteiger charge is -2.36. The normalized spacial score (nSPS) is 21.7. The minimum atomic E-state index is -0.264. The summed E-state index contributed by atoms with van der Waals surface area (Å²) in [7, 11) is 0. The number of hydrogen-bond acceptors (Lipinski definition) is 5. The molecule has 7 heteroatoms. The van der Waals surface area contributed by atoms with Gasteiger partial charge >= 0.3 is 0 Å². The molecule has 2 fully saturated rings. The Hall–Kier alpha value is -2.18. The topological polar surface area (TPSA) is 78.4 Å². The van der Waals surface area contributed by atoms with Crippen LogP contribution in [0.4, 0.5) is 5.82 Å². The van der Waals surface area contributed by atoms with Gasteiger partial charge in [0.25, 0.3) is 0 Å². The van der Waals surface area contributed by atoms with Gasteiger partial charge in [-0.1, -0.05) is 0 Å². The van der Waals surface area contributed by atoms with Gasteiger partial charge in [0.2, 0.25) is 11.8 Å². The molecule has 1 aromatic rings. The highest BCUT2D eigenvalue weighted by molar-refractivity contribution is 5.95. The van der Waals surface area contributed by atoms with Gasteiger partial charge in [-0.2, -0.15) is 0 Å². The predicted octanol–water partition coefficient (Wildman–Crippen LogP) is 0.242. The summed E-state index contributed by atoms with van der Waals surface area (Å²) < 4.78 is 0. The summed E-state index contributed by atoms with van der Waals surface area (Å²) in [4.78, 5) is 36.3. The lowest BCUT2D eigenvalue weighted by atomic mass is 10.1. The summed E-state index contributed by atoms with van der Waals surface area (Å²) >= 11 is 0. The van der Waals surface area contributed by atoms with Gasteiger partial charge in [0.1, 0.15) is 18.4 Å². The van der Waals surface area contributed by atoms with Crippen molar-refractivity contribution in [2.45, 2.75) is 32.4 Å². The number of amides is 2. The van der Waals surface area contributed by atoms with E-state index in [0.29, 0.717) is 24.6 Å². The number of aromatic nitrogens is 2. The number of nitrogens with zero attached hydrogens (tertiary/aromatic N) is 4. The SMILES string of the molecule is CCNc1cnc(CN2CC(=O)N3CCCC3C2=O)cn1. The molecule has 1 atom stereocenters. The lowest BCUT2D eigenvalue weighted by molar-refractivity contribution is -0.154. The zero-order valence-corrected chi connectivity index (χ0v) is 12.1. The van der Waals surface area contributed by atoms with E-state index in [4.69, 9.17) is 0 Å². The Morgan fingerprint density at radius 1 is 1.33 bits per heavy atom. The summed E-state index contributed by atoms with van der Waals surface area (Å²) in [5.74, 6) is 0.781. The van der Waals surface area contributed by atoms with E-state index in [9.17, 15) is 9.59 Å². The molecule has 0 aromatic carbocycles. The van der Waals surface area contributed by atoms with Crippen LogP contribution in [0.15, 0.2) is 12.4 Å². The smallest absolute Gasteiger partial charge is 0.246 e. The Balaban J connectivity index is 1.69. The fourth-order valence-corrected chi connectivity index (χ4v) is 2.90. The second-order valence-corrected chi connectivity index (χ2v) is 5.36. The fraction of sp³-hybridized carbons (Fsp3) is 0.571. The Bertz CT molecular complexity index is 545. The maximum absolute atomic E-state index is 12.4. The highest BCUT2D eigenvalue weighted by Crippen LogP contribution is 2.24. The van der Waals surface area contributed by atoms with Crippen LogP contribution in [0.25, 0.3) is 0 Å². The number of rotatable bonds is 4. The van der Waals surface area contributed by atoms with E-state index >= 15 is 0 Å². The average Bonchev–Trinajstić information content (AvgIpc) is 2.97. The van der Waals surface area contributed by atoms with Crippen LogP contribution in [0.3, 0.4) is 0 Å². The summed E-state index contributed by atoms with van der Waals surface area (Å²) in [6.45, 7) is 3.96. The third kappa shape index (κ3) is 2.68. The first-order chi connectivity index (χ1) is 10.2. The Morgan fingerprint density at radius 3 is 2.90 bits per heavy atom. The summed E-state index contributed by atoms with van der Waals surface area (Å²) in [6.07, 6.45) is 4.98. The van der Waals surface area contributed by atoms with Crippen LogP contribution >= 0.6 is 0 Å². The van der Waals surface area contributed by atoms with E-state index in [1.54, 1.807) is 22.2 Å². The molecular formula is C14H19N5O2. The first-order valence-corrected chi connectivity index (χ1v) is 7.32. The number of nitrogens with one attached hydrogen (secondary N) is 1. The molecule has 1 N–H and O–H groups in total. The molecule has 1 aromatic heterocycles. The molecule has 0 aliphatic carbocycles. The molecule has 3 heterocycles. The van der Waals surface area contributed by atoms with Crippen LogP contribution in [-0.4, -0.2) is 57.3 Å². The van der Waals surface area contributed by atoms with Crippen molar-refractivity contribution < 1.29 is 9.59 Å². The van der Waals surface area contributed by atoms with Crippen LogP contribution < -0.4 is 5.32 Å². The van der Waals surface area contributed by atoms with Crippen LogP contribution in [0.1, 0.15) is 25.5 Å². The number of carbonyl (C=O) groups excluding carboxylic acids is 2. The highest BCUT2D eigenvalue weighted by atomic mass is 16.2. The molecule has 0 bridgehead atoms. The van der Waals surface area contributed by atoms with Crippen LogP contribution in [0.2, 0.25) is 0 Å². The van der Waals surface area contributed by atoms with Gasteiger partial charge in [0.05, 0.1) is 24.6 Å². The molecule has 2 saturated heterocycles. The van der Waals surface area contributed by atoms with Crippen molar-refractivity contribution in [3.8, 4) is 0 Å². The second-order valence-electron chi connectivity index (χ2n) is 5.36. The third-order valence-electron chi connectivity index (χ3n) is 3.91. The molecule has 0 spiro atoms. The van der Waals surface area contributed by atoms with E-state index < -0.39 is 0 Å². The van der Waals surface area contributed by atoms with E-state index in [0.717, 1.165) is 19.4 Å². The summed E-state index contributed by atoms with van der Waals surface area (Å²) in [5.41, 5.74) is 0.698. The van der Waals surface area contributed by atoms with Crippen molar-refractivity contribution in [2.75, 3.05) is 25.0 Å². The molecule has 21 heavy (non-hydrogen) atoms. The predicted molar refractivity (Wildman–Crippen MR) is 76.3 cm³/mol. The highest BCUT2D eigenvalue weighted by Gasteiger charge is 2.41. The van der Waals surface area contributed by atoms with Gasteiger partial charge in [-0.25, -0.2) is 4.98 Å². The number of piperazine rings is 1. The zero-order valence-electron chi connectivity index (χ0n) is 12.1. The average molecular weight is 289 g/mol. The third-order valence-corrected chi connectivity index (χ3v) is 3.91. The van der Waals surface area contributed by atoms with Gasteiger partial charge in [-0.05, 0) is 19.8 Å². The number of carbonyl (C=O) groups is 2. The van der Waals surface area contributed by atoms with Crippen molar-refractivity contribution in [2.24, 2.45) is 0 Å². The molecule has 2 aliphatic heterocycles. The molecular weight excluding hydrogens is 270 g/mol. The van der Waals surface area contributed by atoms with E-state index in [1.807, 2.05) is 6.92 Å². The van der Waals surface area contributed by atoms with Crippen molar-refractivity contribution in [3.63, 3.8) is 0 Å². The molecule has 112 valence electrons. The monoisotopic (exact) mass is 289 g/mol. The van der Waals surface area contributed by atoms with E-state index in [-0.39, 0.29) is 24.4 Å². The Morgan fingerprint density at radius 2 is 2.19 bits per heavy atom. The Kier molecular flexibility index (Phi) is 3.72. The van der Waals surface area contributed by atoms with Crippen LogP contribution in [0.5, 0.6) is 0 Å². The molecule has 7 nitrogen and oxygen atoms in total. The molecule has 0 saturated carbocycles. The number of anilines is 1. The van der Waals surface area contributed by atoms with E-state index in [1.165, 1.54) is 0 Å².